The molecule has 0 radical (unpaired) electrons. The number of carbonyl (C=O) groups excluding carboxylic acids is 1. The summed E-state index contributed by atoms with van der Waals surface area (Å²) in [5.74, 6) is -1.53. The maximum Gasteiger partial charge on any atom is 0.326 e. The number of carboxylic acid groups (broad SMARTS) is 1. The second kappa shape index (κ2) is 4.89. The van der Waals surface area contributed by atoms with E-state index in [1.807, 2.05) is 19.1 Å². The first kappa shape index (κ1) is 13.6. The van der Waals surface area contributed by atoms with E-state index in [0.29, 0.717) is 5.58 Å². The Morgan fingerprint density at radius 3 is 2.81 bits per heavy atom. The SMILES string of the molecule is Cc1ccc2oc(C(=O)N3CC(O)CC3C(=O)O)cc2c1. The zero-order valence-electron chi connectivity index (χ0n) is 11.4. The highest BCUT2D eigenvalue weighted by Crippen LogP contribution is 2.25. The van der Waals surface area contributed by atoms with Crippen molar-refractivity contribution in [3.05, 3.63) is 35.6 Å². The summed E-state index contributed by atoms with van der Waals surface area (Å²) in [5.41, 5.74) is 1.62. The predicted molar refractivity (Wildman–Crippen MR) is 74.0 cm³/mol. The molecule has 3 rings (SSSR count). The third-order valence-electron chi connectivity index (χ3n) is 3.71. The lowest BCUT2D eigenvalue weighted by Gasteiger charge is -2.19. The highest BCUT2D eigenvalue weighted by atomic mass is 16.4. The second-order valence-corrected chi connectivity index (χ2v) is 5.35. The topological polar surface area (TPSA) is 91.0 Å². The van der Waals surface area contributed by atoms with Crippen molar-refractivity contribution in [2.24, 2.45) is 0 Å². The quantitative estimate of drug-likeness (QED) is 0.872. The van der Waals surface area contributed by atoms with E-state index in [-0.39, 0.29) is 18.7 Å². The van der Waals surface area contributed by atoms with Crippen molar-refractivity contribution in [2.75, 3.05) is 6.54 Å². The van der Waals surface area contributed by atoms with Crippen LogP contribution >= 0.6 is 0 Å². The fourth-order valence-electron chi connectivity index (χ4n) is 2.68. The normalized spacial score (nSPS) is 21.9. The van der Waals surface area contributed by atoms with Gasteiger partial charge in [0.2, 0.25) is 0 Å². The molecule has 2 aromatic rings. The Hall–Kier alpha value is -2.34. The minimum Gasteiger partial charge on any atom is -0.480 e. The van der Waals surface area contributed by atoms with E-state index in [1.165, 1.54) is 0 Å². The maximum absolute atomic E-state index is 12.4. The summed E-state index contributed by atoms with van der Waals surface area (Å²) in [6, 6.07) is 6.13. The largest absolute Gasteiger partial charge is 0.480 e. The molecule has 2 heterocycles. The second-order valence-electron chi connectivity index (χ2n) is 5.35. The van der Waals surface area contributed by atoms with Gasteiger partial charge in [0.25, 0.3) is 5.91 Å². The number of β-amino-alcohol motifs (C(OH)–C–C–N with tert-alkyl or cyclic N) is 1. The number of aliphatic hydroxyl groups is 1. The van der Waals surface area contributed by atoms with Crippen LogP contribution in [0.5, 0.6) is 0 Å². The van der Waals surface area contributed by atoms with E-state index in [0.717, 1.165) is 15.8 Å². The fraction of sp³-hybridized carbons (Fsp3) is 0.333. The van der Waals surface area contributed by atoms with Crippen LogP contribution in [-0.4, -0.2) is 45.7 Å². The standard InChI is InChI=1S/C15H15NO5/c1-8-2-3-12-9(4-8)5-13(21-12)14(18)16-7-10(17)6-11(16)15(19)20/h2-5,10-11,17H,6-7H2,1H3,(H,19,20). The van der Waals surface area contributed by atoms with Gasteiger partial charge in [-0.2, -0.15) is 0 Å². The van der Waals surface area contributed by atoms with Crippen molar-refractivity contribution in [1.29, 1.82) is 0 Å². The molecule has 6 heteroatoms. The fourth-order valence-corrected chi connectivity index (χ4v) is 2.68. The molecule has 110 valence electrons. The van der Waals surface area contributed by atoms with Gasteiger partial charge in [0.15, 0.2) is 5.76 Å². The number of nitrogens with zero attached hydrogens (tertiary/aromatic N) is 1. The lowest BCUT2D eigenvalue weighted by Crippen LogP contribution is -2.40. The monoisotopic (exact) mass is 289 g/mol. The minimum atomic E-state index is -1.12. The third-order valence-corrected chi connectivity index (χ3v) is 3.71. The molecule has 0 aliphatic carbocycles. The van der Waals surface area contributed by atoms with Gasteiger partial charge in [-0.05, 0) is 25.1 Å². The highest BCUT2D eigenvalue weighted by molar-refractivity contribution is 5.98. The van der Waals surface area contributed by atoms with E-state index in [4.69, 9.17) is 9.52 Å². The number of rotatable bonds is 2. The molecule has 1 amide bonds. The number of aryl methyl sites for hydroxylation is 1. The van der Waals surface area contributed by atoms with Crippen molar-refractivity contribution in [1.82, 2.24) is 4.90 Å². The number of aliphatic carboxylic acids is 1. The Morgan fingerprint density at radius 1 is 1.33 bits per heavy atom. The van der Waals surface area contributed by atoms with Gasteiger partial charge in [0.05, 0.1) is 6.10 Å². The number of aliphatic hydroxyl groups excluding tert-OH is 1. The van der Waals surface area contributed by atoms with E-state index in [2.05, 4.69) is 0 Å². The molecule has 2 N–H and O–H groups in total. The first-order valence-corrected chi connectivity index (χ1v) is 6.68. The summed E-state index contributed by atoms with van der Waals surface area (Å²) >= 11 is 0. The van der Waals surface area contributed by atoms with E-state index < -0.39 is 24.0 Å². The molecule has 2 atom stereocenters. The van der Waals surface area contributed by atoms with Crippen LogP contribution in [0, 0.1) is 6.92 Å². The van der Waals surface area contributed by atoms with Crippen LogP contribution < -0.4 is 0 Å². The van der Waals surface area contributed by atoms with E-state index in [9.17, 15) is 14.7 Å². The first-order valence-electron chi connectivity index (χ1n) is 6.68. The van der Waals surface area contributed by atoms with Crippen LogP contribution in [0.15, 0.2) is 28.7 Å². The van der Waals surface area contributed by atoms with Crippen LogP contribution in [0.4, 0.5) is 0 Å². The molecule has 1 aliphatic rings. The average molecular weight is 289 g/mol. The summed E-state index contributed by atoms with van der Waals surface area (Å²) in [7, 11) is 0. The molecule has 0 saturated carbocycles. The molecule has 0 spiro atoms. The molecule has 1 fully saturated rings. The average Bonchev–Trinajstić information content (AvgIpc) is 3.00. The summed E-state index contributed by atoms with van der Waals surface area (Å²) in [5, 5.41) is 19.5. The van der Waals surface area contributed by atoms with E-state index >= 15 is 0 Å². The molecule has 1 aliphatic heterocycles. The van der Waals surface area contributed by atoms with Crippen molar-refractivity contribution in [2.45, 2.75) is 25.5 Å². The number of fused-ring (bicyclic) bond motifs is 1. The van der Waals surface area contributed by atoms with Gasteiger partial charge < -0.3 is 19.5 Å². The van der Waals surface area contributed by atoms with Crippen LogP contribution in [0.25, 0.3) is 11.0 Å². The van der Waals surface area contributed by atoms with Crippen molar-refractivity contribution in [3.8, 4) is 0 Å². The number of hydrogen-bond donors (Lipinski definition) is 2. The Bertz CT molecular complexity index is 720. The van der Waals surface area contributed by atoms with Crippen molar-refractivity contribution in [3.63, 3.8) is 0 Å². The predicted octanol–water partition coefficient (Wildman–Crippen LogP) is 1.40. The number of hydrogen-bond acceptors (Lipinski definition) is 4. The Labute approximate surface area is 120 Å². The summed E-state index contributed by atoms with van der Waals surface area (Å²) in [6.07, 6.45) is -0.776. The van der Waals surface area contributed by atoms with Gasteiger partial charge in [-0.1, -0.05) is 11.6 Å². The minimum absolute atomic E-state index is 0.00583. The van der Waals surface area contributed by atoms with Gasteiger partial charge >= 0.3 is 5.97 Å². The van der Waals surface area contributed by atoms with Gasteiger partial charge in [-0.3, -0.25) is 4.79 Å². The van der Waals surface area contributed by atoms with Gasteiger partial charge in [-0.25, -0.2) is 4.79 Å². The number of benzene rings is 1. The van der Waals surface area contributed by atoms with Crippen molar-refractivity contribution >= 4 is 22.8 Å². The van der Waals surface area contributed by atoms with Gasteiger partial charge in [0.1, 0.15) is 11.6 Å². The number of amides is 1. The molecular weight excluding hydrogens is 274 g/mol. The number of likely N-dealkylation sites (tertiary alicyclic amines) is 1. The Morgan fingerprint density at radius 2 is 2.10 bits per heavy atom. The Balaban J connectivity index is 1.94. The number of carbonyl (C=O) groups is 2. The molecule has 6 nitrogen and oxygen atoms in total. The molecule has 0 bridgehead atoms. The van der Waals surface area contributed by atoms with Crippen LogP contribution in [0.2, 0.25) is 0 Å². The lowest BCUT2D eigenvalue weighted by atomic mass is 10.2. The number of carboxylic acids is 1. The zero-order chi connectivity index (χ0) is 15.1. The summed E-state index contributed by atoms with van der Waals surface area (Å²) < 4.78 is 5.49. The van der Waals surface area contributed by atoms with Crippen LogP contribution in [-0.2, 0) is 4.79 Å². The summed E-state index contributed by atoms with van der Waals surface area (Å²) in [6.45, 7) is 1.94. The maximum atomic E-state index is 12.4. The molecule has 2 unspecified atom stereocenters. The molecule has 21 heavy (non-hydrogen) atoms. The highest BCUT2D eigenvalue weighted by Gasteiger charge is 2.40. The molecule has 1 aromatic carbocycles. The van der Waals surface area contributed by atoms with Crippen LogP contribution in [0.3, 0.4) is 0 Å². The lowest BCUT2D eigenvalue weighted by molar-refractivity contribution is -0.141. The van der Waals surface area contributed by atoms with E-state index in [1.54, 1.807) is 12.1 Å². The Kier molecular flexibility index (Phi) is 3.17. The smallest absolute Gasteiger partial charge is 0.326 e. The number of furan rings is 1. The van der Waals surface area contributed by atoms with Crippen molar-refractivity contribution < 1.29 is 24.2 Å². The molecular formula is C15H15NO5. The third kappa shape index (κ3) is 2.38. The summed E-state index contributed by atoms with van der Waals surface area (Å²) in [4.78, 5) is 24.7. The van der Waals surface area contributed by atoms with Crippen LogP contribution in [0.1, 0.15) is 22.5 Å². The van der Waals surface area contributed by atoms with Gasteiger partial charge in [-0.15, -0.1) is 0 Å². The zero-order valence-corrected chi connectivity index (χ0v) is 11.4. The molecule has 1 saturated heterocycles. The molecule has 1 aromatic heterocycles. The van der Waals surface area contributed by atoms with Gasteiger partial charge in [0, 0.05) is 18.4 Å². The first-order chi connectivity index (χ1) is 9.95.